The molecule has 0 aromatic heterocycles. The lowest BCUT2D eigenvalue weighted by Gasteiger charge is -2.23. The zero-order valence-corrected chi connectivity index (χ0v) is 15.1. The predicted octanol–water partition coefficient (Wildman–Crippen LogP) is 1.89. The lowest BCUT2D eigenvalue weighted by Crippen LogP contribution is -2.29. The van der Waals surface area contributed by atoms with Gasteiger partial charge >= 0.3 is 12.1 Å². The average molecular weight is 369 g/mol. The maximum atomic E-state index is 11.9. The number of hydrogen-bond acceptors (Lipinski definition) is 6. The number of rotatable bonds is 7. The number of carbonyl (C=O) groups excluding carboxylic acids is 2. The molecule has 0 atom stereocenters. The molecular formula is C15H20BNO7S. The van der Waals surface area contributed by atoms with Crippen molar-refractivity contribution < 1.29 is 32.0 Å². The van der Waals surface area contributed by atoms with Gasteiger partial charge in [0.1, 0.15) is 11.4 Å². The molecule has 2 N–H and O–H groups in total. The third kappa shape index (κ3) is 7.57. The summed E-state index contributed by atoms with van der Waals surface area (Å²) in [6.07, 6.45) is -0.0395. The summed E-state index contributed by atoms with van der Waals surface area (Å²) in [5, 5.41) is 2.53. The molecule has 1 aromatic rings. The maximum Gasteiger partial charge on any atom is 0.412 e. The second-order valence-electron chi connectivity index (χ2n) is 5.85. The van der Waals surface area contributed by atoms with E-state index in [1.807, 2.05) is 6.92 Å². The van der Waals surface area contributed by atoms with Crippen molar-refractivity contribution in [1.82, 2.24) is 0 Å². The summed E-state index contributed by atoms with van der Waals surface area (Å²) in [5.74, 6) is -2.29. The third-order valence-electron chi connectivity index (χ3n) is 3.27. The van der Waals surface area contributed by atoms with Crippen molar-refractivity contribution in [2.24, 2.45) is 0 Å². The molecule has 10 heteroatoms. The number of amides is 1. The molecule has 1 amide bonds. The van der Waals surface area contributed by atoms with Crippen LogP contribution in [0.1, 0.15) is 32.8 Å². The van der Waals surface area contributed by atoms with Gasteiger partial charge in [-0.2, -0.15) is 8.42 Å². The lowest BCUT2D eigenvalue weighted by molar-refractivity contribution is -0.131. The molecule has 0 bridgehead atoms. The summed E-state index contributed by atoms with van der Waals surface area (Å²) < 4.78 is 40.1. The van der Waals surface area contributed by atoms with Gasteiger partial charge < -0.3 is 9.47 Å². The van der Waals surface area contributed by atoms with Crippen molar-refractivity contribution in [3.8, 4) is 5.75 Å². The molecule has 0 heterocycles. The van der Waals surface area contributed by atoms with E-state index in [2.05, 4.69) is 5.32 Å². The van der Waals surface area contributed by atoms with Crippen molar-refractivity contribution in [3.63, 3.8) is 0 Å². The van der Waals surface area contributed by atoms with Gasteiger partial charge in [0.2, 0.25) is 0 Å². The molecule has 0 saturated carbocycles. The van der Waals surface area contributed by atoms with Gasteiger partial charge in [-0.25, -0.2) is 4.79 Å². The topological polar surface area (TPSA) is 119 Å². The van der Waals surface area contributed by atoms with Crippen LogP contribution in [0, 0.1) is 0 Å². The first-order valence-corrected chi connectivity index (χ1v) is 9.05. The summed E-state index contributed by atoms with van der Waals surface area (Å²) >= 11 is 0. The zero-order valence-electron chi connectivity index (χ0n) is 14.2. The Bertz CT molecular complexity index is 746. The fourth-order valence-corrected chi connectivity index (χ4v) is 2.04. The van der Waals surface area contributed by atoms with E-state index in [1.165, 1.54) is 18.2 Å². The molecule has 0 aliphatic carbocycles. The highest BCUT2D eigenvalue weighted by molar-refractivity contribution is 7.86. The smallest absolute Gasteiger partial charge is 0.412 e. The van der Waals surface area contributed by atoms with E-state index in [0.29, 0.717) is 17.7 Å². The van der Waals surface area contributed by atoms with E-state index in [0.717, 1.165) is 0 Å². The van der Waals surface area contributed by atoms with Crippen LogP contribution in [0.3, 0.4) is 0 Å². The Labute approximate surface area is 148 Å². The van der Waals surface area contributed by atoms with Crippen molar-refractivity contribution in [3.05, 3.63) is 23.8 Å². The number of carbonyl (C=O) groups is 2. The minimum atomic E-state index is -4.49. The second kappa shape index (κ2) is 8.35. The van der Waals surface area contributed by atoms with Crippen LogP contribution in [0.25, 0.3) is 0 Å². The van der Waals surface area contributed by atoms with Gasteiger partial charge in [0.15, 0.2) is 5.75 Å². The molecule has 1 aromatic carbocycles. The highest BCUT2D eigenvalue weighted by Gasteiger charge is 2.21. The Morgan fingerprint density at radius 1 is 1.32 bits per heavy atom. The Balaban J connectivity index is 2.84. The van der Waals surface area contributed by atoms with Gasteiger partial charge in [-0.15, -0.1) is 0 Å². The van der Waals surface area contributed by atoms with E-state index in [4.69, 9.17) is 21.9 Å². The molecule has 0 spiro atoms. The van der Waals surface area contributed by atoms with Crippen LogP contribution in [0.15, 0.2) is 18.2 Å². The minimum Gasteiger partial charge on any atom is -0.443 e. The standard InChI is InChI=1S/C15H20BNO7S/c1-4-15(2,3)24-14(19)17-11-5-6-12(10(7-11)8-16)23-13(18)9-25(20,21)22/h5-7H,4,8-9H2,1-3H3,(H,17,19)(H,20,21,22). The second-order valence-corrected chi connectivity index (χ2v) is 7.31. The van der Waals surface area contributed by atoms with E-state index >= 15 is 0 Å². The number of hydrogen-bond donors (Lipinski definition) is 2. The maximum absolute atomic E-state index is 11.9. The quantitative estimate of drug-likeness (QED) is 0.326. The summed E-state index contributed by atoms with van der Waals surface area (Å²) in [7, 11) is 1.09. The van der Waals surface area contributed by atoms with Crippen LogP contribution < -0.4 is 10.1 Å². The molecular weight excluding hydrogens is 349 g/mol. The molecule has 25 heavy (non-hydrogen) atoms. The molecule has 0 saturated heterocycles. The monoisotopic (exact) mass is 369 g/mol. The lowest BCUT2D eigenvalue weighted by atomic mass is 9.96. The fraction of sp³-hybridized carbons (Fsp3) is 0.467. The van der Waals surface area contributed by atoms with Gasteiger partial charge in [-0.3, -0.25) is 14.7 Å². The molecule has 0 unspecified atom stereocenters. The largest absolute Gasteiger partial charge is 0.443 e. The number of nitrogens with one attached hydrogen (secondary N) is 1. The number of esters is 1. The van der Waals surface area contributed by atoms with Gasteiger partial charge in [0.25, 0.3) is 10.1 Å². The summed E-state index contributed by atoms with van der Waals surface area (Å²) in [6, 6.07) is 4.26. The zero-order chi connectivity index (χ0) is 19.3. The number of ether oxygens (including phenoxy) is 2. The summed E-state index contributed by atoms with van der Waals surface area (Å²) in [6.45, 7) is 5.43. The van der Waals surface area contributed by atoms with Crippen molar-refractivity contribution >= 4 is 35.7 Å². The highest BCUT2D eigenvalue weighted by atomic mass is 32.2. The predicted molar refractivity (Wildman–Crippen MR) is 92.4 cm³/mol. The molecule has 2 radical (unpaired) electrons. The van der Waals surface area contributed by atoms with Crippen LogP contribution >= 0.6 is 0 Å². The third-order valence-corrected chi connectivity index (χ3v) is 3.87. The van der Waals surface area contributed by atoms with Crippen LogP contribution in [0.4, 0.5) is 10.5 Å². The van der Waals surface area contributed by atoms with Crippen LogP contribution in [-0.2, 0) is 26.0 Å². The van der Waals surface area contributed by atoms with E-state index < -0.39 is 33.5 Å². The molecule has 136 valence electrons. The van der Waals surface area contributed by atoms with E-state index in [9.17, 15) is 18.0 Å². The first kappa shape index (κ1) is 21.0. The fourth-order valence-electron chi connectivity index (χ4n) is 1.68. The average Bonchev–Trinajstić information content (AvgIpc) is 2.46. The Kier molecular flexibility index (Phi) is 7.01. The minimum absolute atomic E-state index is 0.0283. The van der Waals surface area contributed by atoms with Crippen molar-refractivity contribution in [2.75, 3.05) is 11.1 Å². The van der Waals surface area contributed by atoms with Gasteiger partial charge in [0, 0.05) is 5.69 Å². The van der Waals surface area contributed by atoms with Gasteiger partial charge in [0.05, 0.1) is 7.85 Å². The van der Waals surface area contributed by atoms with Gasteiger partial charge in [-0.05, 0) is 44.0 Å². The van der Waals surface area contributed by atoms with E-state index in [-0.39, 0.29) is 12.1 Å². The SMILES string of the molecule is [B]Cc1cc(NC(=O)OC(C)(C)CC)ccc1OC(=O)CS(=O)(=O)O. The molecule has 1 rings (SSSR count). The van der Waals surface area contributed by atoms with Crippen molar-refractivity contribution in [2.45, 2.75) is 39.1 Å². The van der Waals surface area contributed by atoms with Crippen LogP contribution in [-0.4, -0.2) is 44.2 Å². The van der Waals surface area contributed by atoms with E-state index in [1.54, 1.807) is 13.8 Å². The Morgan fingerprint density at radius 3 is 2.48 bits per heavy atom. The molecule has 8 nitrogen and oxygen atoms in total. The van der Waals surface area contributed by atoms with Gasteiger partial charge in [-0.1, -0.05) is 13.2 Å². The van der Waals surface area contributed by atoms with Crippen molar-refractivity contribution in [1.29, 1.82) is 0 Å². The van der Waals surface area contributed by atoms with Crippen LogP contribution in [0.2, 0.25) is 0 Å². The first-order chi connectivity index (χ1) is 11.5. The van der Waals surface area contributed by atoms with Crippen LogP contribution in [0.5, 0.6) is 5.75 Å². The normalized spacial score (nSPS) is 11.7. The Hall–Kier alpha value is -2.07. The number of benzene rings is 1. The number of anilines is 1. The molecule has 0 aliphatic rings. The molecule has 0 fully saturated rings. The first-order valence-electron chi connectivity index (χ1n) is 7.44. The summed E-state index contributed by atoms with van der Waals surface area (Å²) in [4.78, 5) is 23.3. The summed E-state index contributed by atoms with van der Waals surface area (Å²) in [5.41, 5.74) is 0.106. The molecule has 0 aliphatic heterocycles. The Morgan fingerprint density at radius 2 is 1.96 bits per heavy atom. The highest BCUT2D eigenvalue weighted by Crippen LogP contribution is 2.24.